The average Bonchev–Trinajstić information content (AvgIpc) is 3.19. The normalized spacial score (nSPS) is 19.6. The first-order valence-electron chi connectivity index (χ1n) is 10.5. The van der Waals surface area contributed by atoms with E-state index in [1.54, 1.807) is 19.1 Å². The van der Waals surface area contributed by atoms with Crippen LogP contribution in [0.5, 0.6) is 0 Å². The van der Waals surface area contributed by atoms with Crippen LogP contribution in [0.25, 0.3) is 0 Å². The Kier molecular flexibility index (Phi) is 6.07. The lowest BCUT2D eigenvalue weighted by atomic mass is 10.1. The van der Waals surface area contributed by atoms with Crippen LogP contribution in [-0.2, 0) is 17.4 Å². The molecule has 2 aromatic rings. The van der Waals surface area contributed by atoms with Gasteiger partial charge in [0.1, 0.15) is 17.5 Å². The number of hydrogen-bond acceptors (Lipinski definition) is 7. The number of aromatic amines is 1. The molecule has 9 nitrogen and oxygen atoms in total. The summed E-state index contributed by atoms with van der Waals surface area (Å²) in [6, 6.07) is 4.35. The standard InChI is InChI=1S/C21H22F3N7O2/c1-12(30-6-8-31(9-7-30)16-5-2-13(10-25)11-26-16)19(32)27-15-4-3-14-17(21(22,23)24)20(33)29-28-18(14)15/h2,5,11-12,15H,3-4,6-9H2,1H3,(H,27,32)(H,29,33). The summed E-state index contributed by atoms with van der Waals surface area (Å²) < 4.78 is 39.9. The number of pyridine rings is 1. The number of nitrogens with one attached hydrogen (secondary N) is 2. The van der Waals surface area contributed by atoms with Crippen LogP contribution in [0, 0.1) is 11.3 Å². The van der Waals surface area contributed by atoms with Crippen LogP contribution in [0.1, 0.15) is 41.8 Å². The summed E-state index contributed by atoms with van der Waals surface area (Å²) in [6.07, 6.45) is -2.99. The van der Waals surface area contributed by atoms with Crippen molar-refractivity contribution < 1.29 is 18.0 Å². The number of nitrogens with zero attached hydrogens (tertiary/aromatic N) is 5. The summed E-state index contributed by atoms with van der Waals surface area (Å²) in [5, 5.41) is 17.4. The van der Waals surface area contributed by atoms with E-state index in [1.807, 2.05) is 16.1 Å². The molecule has 1 aliphatic carbocycles. The van der Waals surface area contributed by atoms with Gasteiger partial charge in [0.15, 0.2) is 0 Å². The number of amides is 1. The summed E-state index contributed by atoms with van der Waals surface area (Å²) >= 11 is 0. The molecule has 4 rings (SSSR count). The minimum Gasteiger partial charge on any atom is -0.354 e. The van der Waals surface area contributed by atoms with Crippen molar-refractivity contribution in [3.63, 3.8) is 0 Å². The number of piperazine rings is 1. The van der Waals surface area contributed by atoms with Crippen LogP contribution in [-0.4, -0.2) is 58.2 Å². The predicted molar refractivity (Wildman–Crippen MR) is 111 cm³/mol. The third-order valence-corrected chi connectivity index (χ3v) is 6.17. The van der Waals surface area contributed by atoms with Crippen LogP contribution in [0.15, 0.2) is 23.1 Å². The fourth-order valence-corrected chi connectivity index (χ4v) is 4.34. The molecular formula is C21H22F3N7O2. The van der Waals surface area contributed by atoms with Crippen LogP contribution >= 0.6 is 0 Å². The highest BCUT2D eigenvalue weighted by molar-refractivity contribution is 5.82. The van der Waals surface area contributed by atoms with Crippen molar-refractivity contribution in [3.05, 3.63) is 51.1 Å². The topological polar surface area (TPSA) is 118 Å². The molecule has 2 unspecified atom stereocenters. The lowest BCUT2D eigenvalue weighted by Crippen LogP contribution is -2.54. The highest BCUT2D eigenvalue weighted by Gasteiger charge is 2.42. The number of nitriles is 1. The van der Waals surface area contributed by atoms with Gasteiger partial charge in [0.2, 0.25) is 5.91 Å². The number of fused-ring (bicyclic) bond motifs is 1. The zero-order valence-corrected chi connectivity index (χ0v) is 17.8. The van der Waals surface area contributed by atoms with Gasteiger partial charge in [-0.15, -0.1) is 0 Å². The Morgan fingerprint density at radius 3 is 2.64 bits per heavy atom. The average molecular weight is 461 g/mol. The molecule has 0 bridgehead atoms. The second kappa shape index (κ2) is 8.82. The van der Waals surface area contributed by atoms with Crippen LogP contribution in [0.3, 0.4) is 0 Å². The van der Waals surface area contributed by atoms with Crippen molar-refractivity contribution in [3.8, 4) is 6.07 Å². The van der Waals surface area contributed by atoms with Crippen LogP contribution in [0.2, 0.25) is 0 Å². The maximum Gasteiger partial charge on any atom is 0.422 e. The highest BCUT2D eigenvalue weighted by atomic mass is 19.4. The molecule has 1 aliphatic heterocycles. The monoisotopic (exact) mass is 461 g/mol. The molecule has 33 heavy (non-hydrogen) atoms. The summed E-state index contributed by atoms with van der Waals surface area (Å²) in [4.78, 5) is 32.9. The Morgan fingerprint density at radius 2 is 2.03 bits per heavy atom. The van der Waals surface area contributed by atoms with Gasteiger partial charge < -0.3 is 10.2 Å². The summed E-state index contributed by atoms with van der Waals surface area (Å²) in [6.45, 7) is 4.23. The Balaban J connectivity index is 1.38. The lowest BCUT2D eigenvalue weighted by molar-refractivity contribution is -0.139. The maximum absolute atomic E-state index is 13.3. The fourth-order valence-electron chi connectivity index (χ4n) is 4.34. The zero-order chi connectivity index (χ0) is 23.8. The Bertz CT molecular complexity index is 1130. The third-order valence-electron chi connectivity index (χ3n) is 6.17. The SMILES string of the molecule is CC(C(=O)NC1CCc2c1n[nH]c(=O)c2C(F)(F)F)N1CCN(c2ccc(C#N)cn2)CC1. The van der Waals surface area contributed by atoms with E-state index in [-0.39, 0.29) is 30.0 Å². The lowest BCUT2D eigenvalue weighted by Gasteiger charge is -2.38. The Hall–Kier alpha value is -3.46. The summed E-state index contributed by atoms with van der Waals surface area (Å²) in [5.41, 5.74) is -2.09. The zero-order valence-electron chi connectivity index (χ0n) is 17.8. The van der Waals surface area contributed by atoms with E-state index in [1.165, 1.54) is 6.20 Å². The van der Waals surface area contributed by atoms with Crippen LogP contribution in [0.4, 0.5) is 19.0 Å². The first-order valence-corrected chi connectivity index (χ1v) is 10.5. The van der Waals surface area contributed by atoms with Crippen molar-refractivity contribution >= 4 is 11.7 Å². The molecule has 0 saturated carbocycles. The van der Waals surface area contributed by atoms with E-state index in [0.29, 0.717) is 31.7 Å². The number of anilines is 1. The third kappa shape index (κ3) is 4.54. The van der Waals surface area contributed by atoms with Gasteiger partial charge >= 0.3 is 6.18 Å². The first-order chi connectivity index (χ1) is 15.7. The van der Waals surface area contributed by atoms with E-state index in [2.05, 4.69) is 20.3 Å². The number of alkyl halides is 3. The van der Waals surface area contributed by atoms with E-state index in [0.717, 1.165) is 5.82 Å². The molecule has 174 valence electrons. The maximum atomic E-state index is 13.3. The fraction of sp³-hybridized carbons (Fsp3) is 0.476. The summed E-state index contributed by atoms with van der Waals surface area (Å²) in [5.74, 6) is 0.452. The van der Waals surface area contributed by atoms with Gasteiger partial charge in [-0.25, -0.2) is 10.1 Å². The molecule has 2 atom stereocenters. The number of rotatable bonds is 4. The molecule has 0 aromatic carbocycles. The van der Waals surface area contributed by atoms with Crippen molar-refractivity contribution in [1.29, 1.82) is 5.26 Å². The molecule has 0 spiro atoms. The van der Waals surface area contributed by atoms with Crippen molar-refractivity contribution in [1.82, 2.24) is 25.4 Å². The van der Waals surface area contributed by atoms with Crippen molar-refractivity contribution in [2.45, 2.75) is 38.0 Å². The quantitative estimate of drug-likeness (QED) is 0.706. The van der Waals surface area contributed by atoms with Gasteiger partial charge in [-0.3, -0.25) is 14.5 Å². The van der Waals surface area contributed by atoms with Crippen molar-refractivity contribution in [2.24, 2.45) is 0 Å². The number of halogens is 3. The Morgan fingerprint density at radius 1 is 1.30 bits per heavy atom. The minimum atomic E-state index is -4.78. The van der Waals surface area contributed by atoms with Gasteiger partial charge in [-0.1, -0.05) is 0 Å². The van der Waals surface area contributed by atoms with E-state index >= 15 is 0 Å². The van der Waals surface area contributed by atoms with Gasteiger partial charge in [0, 0.05) is 32.4 Å². The number of H-pyrrole nitrogens is 1. The van der Waals surface area contributed by atoms with Crippen LogP contribution < -0.4 is 15.8 Å². The minimum absolute atomic E-state index is 0.0245. The molecule has 1 amide bonds. The molecule has 1 fully saturated rings. The Labute approximate surface area is 187 Å². The molecular weight excluding hydrogens is 439 g/mol. The number of hydrogen-bond donors (Lipinski definition) is 2. The van der Waals surface area contributed by atoms with Gasteiger partial charge in [-0.05, 0) is 37.5 Å². The van der Waals surface area contributed by atoms with Gasteiger partial charge in [-0.2, -0.15) is 23.5 Å². The molecule has 0 radical (unpaired) electrons. The first kappa shape index (κ1) is 22.7. The molecule has 12 heteroatoms. The number of carbonyl (C=O) groups excluding carboxylic acids is 1. The molecule has 2 aromatic heterocycles. The van der Waals surface area contributed by atoms with Crippen molar-refractivity contribution in [2.75, 3.05) is 31.1 Å². The van der Waals surface area contributed by atoms with E-state index in [9.17, 15) is 22.8 Å². The predicted octanol–water partition coefficient (Wildman–Crippen LogP) is 1.37. The smallest absolute Gasteiger partial charge is 0.354 e. The molecule has 2 aliphatic rings. The number of carbonyl (C=O) groups is 1. The van der Waals surface area contributed by atoms with E-state index in [4.69, 9.17) is 5.26 Å². The highest BCUT2D eigenvalue weighted by Crippen LogP contribution is 2.37. The molecule has 3 heterocycles. The summed E-state index contributed by atoms with van der Waals surface area (Å²) in [7, 11) is 0. The molecule has 2 N–H and O–H groups in total. The van der Waals surface area contributed by atoms with E-state index < -0.39 is 29.4 Å². The second-order valence-electron chi connectivity index (χ2n) is 8.10. The number of aromatic nitrogens is 3. The molecule has 1 saturated heterocycles. The second-order valence-corrected chi connectivity index (χ2v) is 8.10. The van der Waals surface area contributed by atoms with Gasteiger partial charge in [0.05, 0.1) is 23.3 Å². The van der Waals surface area contributed by atoms with Gasteiger partial charge in [0.25, 0.3) is 5.56 Å². The largest absolute Gasteiger partial charge is 0.422 e.